The van der Waals surface area contributed by atoms with Crippen molar-refractivity contribution in [2.24, 2.45) is 0 Å². The van der Waals surface area contributed by atoms with Crippen LogP contribution in [-0.2, 0) is 0 Å². The van der Waals surface area contributed by atoms with Gasteiger partial charge in [-0.15, -0.1) is 5.10 Å². The summed E-state index contributed by atoms with van der Waals surface area (Å²) in [5.41, 5.74) is 3.94. The zero-order chi connectivity index (χ0) is 18.8. The van der Waals surface area contributed by atoms with Crippen molar-refractivity contribution in [3.05, 3.63) is 103 Å². The Hall–Kier alpha value is -3.92. The average Bonchev–Trinajstić information content (AvgIpc) is 3.46. The second-order valence-electron chi connectivity index (χ2n) is 6.43. The van der Waals surface area contributed by atoms with E-state index in [1.807, 2.05) is 95.7 Å². The molecule has 0 saturated heterocycles. The van der Waals surface area contributed by atoms with E-state index in [2.05, 4.69) is 6.07 Å². The lowest BCUT2D eigenvalue weighted by Crippen LogP contribution is -1.99. The lowest BCUT2D eigenvalue weighted by atomic mass is 10.1. The SMILES string of the molecule is c1ccc(-c2nc(-c3cccc(-c4ccco4)c3)nn2-c2ccccc2)cc1. The second-order valence-corrected chi connectivity index (χ2v) is 6.43. The molecule has 0 atom stereocenters. The van der Waals surface area contributed by atoms with Crippen LogP contribution in [0.2, 0.25) is 0 Å². The van der Waals surface area contributed by atoms with Crippen molar-refractivity contribution in [2.75, 3.05) is 0 Å². The summed E-state index contributed by atoms with van der Waals surface area (Å²) in [5, 5.41) is 4.82. The summed E-state index contributed by atoms with van der Waals surface area (Å²) in [6, 6.07) is 32.1. The van der Waals surface area contributed by atoms with E-state index >= 15 is 0 Å². The third-order valence-corrected chi connectivity index (χ3v) is 4.57. The van der Waals surface area contributed by atoms with E-state index in [1.165, 1.54) is 0 Å². The van der Waals surface area contributed by atoms with Gasteiger partial charge in [-0.3, -0.25) is 0 Å². The summed E-state index contributed by atoms with van der Waals surface area (Å²) in [5.74, 6) is 2.31. The molecular weight excluding hydrogens is 346 g/mol. The van der Waals surface area contributed by atoms with Crippen molar-refractivity contribution in [3.8, 4) is 39.8 Å². The molecule has 0 aliphatic rings. The van der Waals surface area contributed by atoms with Gasteiger partial charge in [-0.2, -0.15) is 0 Å². The molecule has 134 valence electrons. The molecule has 3 aromatic carbocycles. The molecule has 5 rings (SSSR count). The highest BCUT2D eigenvalue weighted by Gasteiger charge is 2.15. The summed E-state index contributed by atoms with van der Waals surface area (Å²) in [7, 11) is 0. The predicted molar refractivity (Wildman–Crippen MR) is 110 cm³/mol. The lowest BCUT2D eigenvalue weighted by molar-refractivity contribution is 0.582. The molecular formula is C24H17N3O. The highest BCUT2D eigenvalue weighted by Crippen LogP contribution is 2.28. The molecule has 5 aromatic rings. The van der Waals surface area contributed by atoms with Crippen LogP contribution in [0.15, 0.2) is 108 Å². The summed E-state index contributed by atoms with van der Waals surface area (Å²) in [4.78, 5) is 4.87. The maximum Gasteiger partial charge on any atom is 0.182 e. The Morgan fingerprint density at radius 1 is 0.643 bits per heavy atom. The Kier molecular flexibility index (Phi) is 4.07. The minimum absolute atomic E-state index is 0.677. The third kappa shape index (κ3) is 3.01. The van der Waals surface area contributed by atoms with Gasteiger partial charge < -0.3 is 4.42 Å². The lowest BCUT2D eigenvalue weighted by Gasteiger charge is -2.05. The van der Waals surface area contributed by atoms with Crippen molar-refractivity contribution in [1.29, 1.82) is 0 Å². The van der Waals surface area contributed by atoms with E-state index < -0.39 is 0 Å². The van der Waals surface area contributed by atoms with Gasteiger partial charge in [0.15, 0.2) is 11.6 Å². The van der Waals surface area contributed by atoms with Gasteiger partial charge in [0.1, 0.15) is 5.76 Å². The fourth-order valence-corrected chi connectivity index (χ4v) is 3.21. The molecule has 0 fully saturated rings. The van der Waals surface area contributed by atoms with Crippen molar-refractivity contribution < 1.29 is 4.42 Å². The molecule has 4 nitrogen and oxygen atoms in total. The number of hydrogen-bond acceptors (Lipinski definition) is 3. The normalized spacial score (nSPS) is 10.9. The molecule has 4 heteroatoms. The van der Waals surface area contributed by atoms with E-state index in [9.17, 15) is 0 Å². The van der Waals surface area contributed by atoms with Crippen LogP contribution < -0.4 is 0 Å². The van der Waals surface area contributed by atoms with Gasteiger partial charge in [0, 0.05) is 16.7 Å². The number of aromatic nitrogens is 3. The number of para-hydroxylation sites is 1. The maximum atomic E-state index is 5.53. The molecule has 0 saturated carbocycles. The Morgan fingerprint density at radius 3 is 2.11 bits per heavy atom. The first kappa shape index (κ1) is 16.3. The molecule has 0 aliphatic heterocycles. The molecule has 2 aromatic heterocycles. The number of benzene rings is 3. The first-order valence-electron chi connectivity index (χ1n) is 9.11. The van der Waals surface area contributed by atoms with Gasteiger partial charge in [0.05, 0.1) is 12.0 Å². The van der Waals surface area contributed by atoms with Crippen LogP contribution in [0.4, 0.5) is 0 Å². The second kappa shape index (κ2) is 7.00. The Labute approximate surface area is 162 Å². The van der Waals surface area contributed by atoms with E-state index in [0.29, 0.717) is 5.82 Å². The fraction of sp³-hybridized carbons (Fsp3) is 0. The first-order valence-corrected chi connectivity index (χ1v) is 9.11. The van der Waals surface area contributed by atoms with Crippen LogP contribution in [0.1, 0.15) is 0 Å². The standard InChI is InChI=1S/C24H17N3O/c1-3-9-18(10-4-1)24-25-23(26-27(24)21-13-5-2-6-14-21)20-12-7-11-19(17-20)22-15-8-16-28-22/h1-17H. The molecule has 0 unspecified atom stereocenters. The molecule has 0 bridgehead atoms. The van der Waals surface area contributed by atoms with Crippen molar-refractivity contribution >= 4 is 0 Å². The monoisotopic (exact) mass is 363 g/mol. The van der Waals surface area contributed by atoms with Crippen LogP contribution in [0, 0.1) is 0 Å². The smallest absolute Gasteiger partial charge is 0.182 e. The molecule has 0 N–H and O–H groups in total. The number of rotatable bonds is 4. The largest absolute Gasteiger partial charge is 0.464 e. The summed E-state index contributed by atoms with van der Waals surface area (Å²) >= 11 is 0. The van der Waals surface area contributed by atoms with Gasteiger partial charge in [0.2, 0.25) is 0 Å². The quantitative estimate of drug-likeness (QED) is 0.402. The van der Waals surface area contributed by atoms with Gasteiger partial charge in [-0.05, 0) is 30.3 Å². The number of hydrogen-bond donors (Lipinski definition) is 0. The third-order valence-electron chi connectivity index (χ3n) is 4.57. The summed E-state index contributed by atoms with van der Waals surface area (Å²) in [6.07, 6.45) is 1.68. The molecule has 0 amide bonds. The minimum Gasteiger partial charge on any atom is -0.464 e. The van der Waals surface area contributed by atoms with Crippen LogP contribution in [0.25, 0.3) is 39.8 Å². The highest BCUT2D eigenvalue weighted by molar-refractivity contribution is 5.69. The molecule has 0 aliphatic carbocycles. The van der Waals surface area contributed by atoms with Crippen molar-refractivity contribution in [1.82, 2.24) is 14.8 Å². The summed E-state index contributed by atoms with van der Waals surface area (Å²) in [6.45, 7) is 0. The van der Waals surface area contributed by atoms with Crippen molar-refractivity contribution in [3.63, 3.8) is 0 Å². The van der Waals surface area contributed by atoms with E-state index in [1.54, 1.807) is 6.26 Å². The zero-order valence-corrected chi connectivity index (χ0v) is 15.1. The van der Waals surface area contributed by atoms with Gasteiger partial charge in [-0.1, -0.05) is 66.7 Å². The van der Waals surface area contributed by atoms with Gasteiger partial charge in [-0.25, -0.2) is 9.67 Å². The number of furan rings is 1. The molecule has 28 heavy (non-hydrogen) atoms. The van der Waals surface area contributed by atoms with E-state index in [0.717, 1.165) is 34.0 Å². The van der Waals surface area contributed by atoms with Gasteiger partial charge in [0.25, 0.3) is 0 Å². The van der Waals surface area contributed by atoms with Crippen LogP contribution in [0.3, 0.4) is 0 Å². The van der Waals surface area contributed by atoms with E-state index in [4.69, 9.17) is 14.5 Å². The van der Waals surface area contributed by atoms with Crippen LogP contribution in [0.5, 0.6) is 0 Å². The Balaban J connectivity index is 1.66. The average molecular weight is 363 g/mol. The molecule has 0 radical (unpaired) electrons. The Bertz CT molecular complexity index is 1140. The molecule has 0 spiro atoms. The maximum absolute atomic E-state index is 5.53. The van der Waals surface area contributed by atoms with Crippen molar-refractivity contribution in [2.45, 2.75) is 0 Å². The Morgan fingerprint density at radius 2 is 1.36 bits per heavy atom. The topological polar surface area (TPSA) is 43.9 Å². The van der Waals surface area contributed by atoms with E-state index in [-0.39, 0.29) is 0 Å². The van der Waals surface area contributed by atoms with Crippen LogP contribution in [-0.4, -0.2) is 14.8 Å². The first-order chi connectivity index (χ1) is 13.9. The summed E-state index contributed by atoms with van der Waals surface area (Å²) < 4.78 is 7.43. The minimum atomic E-state index is 0.677. The predicted octanol–water partition coefficient (Wildman–Crippen LogP) is 5.86. The van der Waals surface area contributed by atoms with Crippen LogP contribution >= 0.6 is 0 Å². The highest BCUT2D eigenvalue weighted by atomic mass is 16.3. The zero-order valence-electron chi connectivity index (χ0n) is 15.1. The number of nitrogens with zero attached hydrogens (tertiary/aromatic N) is 3. The van der Waals surface area contributed by atoms with Gasteiger partial charge >= 0.3 is 0 Å². The fourth-order valence-electron chi connectivity index (χ4n) is 3.21. The molecule has 2 heterocycles.